The van der Waals surface area contributed by atoms with Gasteiger partial charge >= 0.3 is 5.95 Å². The molecule has 4 heteroatoms. The van der Waals surface area contributed by atoms with Crippen molar-refractivity contribution in [2.24, 2.45) is 0 Å². The molecule has 0 radical (unpaired) electrons. The minimum absolute atomic E-state index is 0.594. The van der Waals surface area contributed by atoms with E-state index in [-0.39, 0.29) is 0 Å². The predicted molar refractivity (Wildman–Crippen MR) is 53.7 cm³/mol. The van der Waals surface area contributed by atoms with Crippen molar-refractivity contribution in [2.45, 2.75) is 32.5 Å². The number of allylic oxidation sites excluding steroid dienone is 1. The molecule has 0 N–H and O–H groups in total. The van der Waals surface area contributed by atoms with E-state index in [9.17, 15) is 0 Å². The molecule has 0 spiro atoms. The topological polar surface area (TPSA) is 27.7 Å². The standard InChI is InChI=1S/C9H18O3Si/c1-10-9(12-13(2,3)4)8-6-5-7-11-8/h5-7H2,1-4H3/b9-8+. The minimum Gasteiger partial charge on any atom is -0.517 e. The van der Waals surface area contributed by atoms with E-state index in [0.29, 0.717) is 5.95 Å². The molecule has 1 saturated heterocycles. The third kappa shape index (κ3) is 3.30. The minimum atomic E-state index is -1.57. The lowest BCUT2D eigenvalue weighted by Gasteiger charge is -2.21. The van der Waals surface area contributed by atoms with Crippen molar-refractivity contribution in [2.75, 3.05) is 13.7 Å². The lowest BCUT2D eigenvalue weighted by molar-refractivity contribution is 0.111. The fourth-order valence-corrected chi connectivity index (χ4v) is 1.91. The third-order valence-corrected chi connectivity index (χ3v) is 2.43. The van der Waals surface area contributed by atoms with Gasteiger partial charge in [0.05, 0.1) is 13.7 Å². The lowest BCUT2D eigenvalue weighted by atomic mass is 10.3. The van der Waals surface area contributed by atoms with Crippen LogP contribution in [0.1, 0.15) is 12.8 Å². The molecular weight excluding hydrogens is 184 g/mol. The summed E-state index contributed by atoms with van der Waals surface area (Å²) in [5.41, 5.74) is 0. The highest BCUT2D eigenvalue weighted by Gasteiger charge is 2.23. The predicted octanol–water partition coefficient (Wildman–Crippen LogP) is 2.46. The Morgan fingerprint density at radius 1 is 1.38 bits per heavy atom. The molecule has 0 bridgehead atoms. The Hall–Kier alpha value is -0.643. The number of hydrogen-bond donors (Lipinski definition) is 0. The molecule has 13 heavy (non-hydrogen) atoms. The van der Waals surface area contributed by atoms with Gasteiger partial charge in [-0.2, -0.15) is 0 Å². The zero-order chi connectivity index (χ0) is 9.90. The molecule has 0 aromatic carbocycles. The van der Waals surface area contributed by atoms with E-state index in [1.54, 1.807) is 7.11 Å². The van der Waals surface area contributed by atoms with Gasteiger partial charge in [-0.25, -0.2) is 0 Å². The molecule has 1 fully saturated rings. The van der Waals surface area contributed by atoms with E-state index >= 15 is 0 Å². The second kappa shape index (κ2) is 4.04. The number of ether oxygens (including phenoxy) is 2. The highest BCUT2D eigenvalue weighted by atomic mass is 28.4. The van der Waals surface area contributed by atoms with Crippen molar-refractivity contribution in [3.05, 3.63) is 11.7 Å². The molecule has 1 rings (SSSR count). The summed E-state index contributed by atoms with van der Waals surface area (Å²) in [4.78, 5) is 0. The van der Waals surface area contributed by atoms with Crippen LogP contribution >= 0.6 is 0 Å². The Balaban J connectivity index is 2.66. The van der Waals surface area contributed by atoms with Gasteiger partial charge in [0.1, 0.15) is 0 Å². The summed E-state index contributed by atoms with van der Waals surface area (Å²) >= 11 is 0. The molecule has 76 valence electrons. The fourth-order valence-electron chi connectivity index (χ4n) is 1.15. The molecule has 0 aromatic rings. The van der Waals surface area contributed by atoms with Gasteiger partial charge in [0, 0.05) is 6.42 Å². The van der Waals surface area contributed by atoms with Crippen LogP contribution in [0.5, 0.6) is 0 Å². The van der Waals surface area contributed by atoms with E-state index in [2.05, 4.69) is 19.6 Å². The van der Waals surface area contributed by atoms with E-state index in [1.165, 1.54) is 0 Å². The Morgan fingerprint density at radius 2 is 2.08 bits per heavy atom. The number of hydrogen-bond acceptors (Lipinski definition) is 3. The first kappa shape index (κ1) is 10.4. The van der Waals surface area contributed by atoms with Gasteiger partial charge in [-0.1, -0.05) is 0 Å². The van der Waals surface area contributed by atoms with Crippen molar-refractivity contribution >= 4 is 8.32 Å². The van der Waals surface area contributed by atoms with Crippen LogP contribution in [0.25, 0.3) is 0 Å². The summed E-state index contributed by atoms with van der Waals surface area (Å²) in [6.45, 7) is 7.17. The Morgan fingerprint density at radius 3 is 2.46 bits per heavy atom. The molecule has 0 aromatic heterocycles. The monoisotopic (exact) mass is 202 g/mol. The first-order valence-corrected chi connectivity index (χ1v) is 8.03. The quantitative estimate of drug-likeness (QED) is 0.520. The smallest absolute Gasteiger partial charge is 0.304 e. The summed E-state index contributed by atoms with van der Waals surface area (Å²) in [5.74, 6) is 1.47. The zero-order valence-electron chi connectivity index (χ0n) is 8.85. The Kier molecular flexibility index (Phi) is 3.25. The van der Waals surface area contributed by atoms with E-state index in [1.807, 2.05) is 0 Å². The second-order valence-corrected chi connectivity index (χ2v) is 8.51. The number of rotatable bonds is 3. The first-order valence-electron chi connectivity index (χ1n) is 4.62. The second-order valence-electron chi connectivity index (χ2n) is 4.08. The van der Waals surface area contributed by atoms with Crippen LogP contribution in [0, 0.1) is 0 Å². The third-order valence-electron chi connectivity index (χ3n) is 1.64. The lowest BCUT2D eigenvalue weighted by Crippen LogP contribution is -2.26. The molecule has 3 nitrogen and oxygen atoms in total. The van der Waals surface area contributed by atoms with E-state index in [4.69, 9.17) is 13.9 Å². The maximum atomic E-state index is 5.74. The first-order chi connectivity index (χ1) is 6.03. The van der Waals surface area contributed by atoms with Crippen LogP contribution in [0.4, 0.5) is 0 Å². The molecule has 1 heterocycles. The van der Waals surface area contributed by atoms with Crippen LogP contribution in [0.15, 0.2) is 11.7 Å². The number of methoxy groups -OCH3 is 1. The molecule has 0 amide bonds. The average Bonchev–Trinajstić information content (AvgIpc) is 2.50. The maximum Gasteiger partial charge on any atom is 0.304 e. The van der Waals surface area contributed by atoms with Crippen LogP contribution in [-0.4, -0.2) is 22.0 Å². The average molecular weight is 202 g/mol. The van der Waals surface area contributed by atoms with Crippen molar-refractivity contribution in [3.8, 4) is 0 Å². The van der Waals surface area contributed by atoms with Gasteiger partial charge in [0.25, 0.3) is 0 Å². The normalized spacial score (nSPS) is 20.9. The summed E-state index contributed by atoms with van der Waals surface area (Å²) in [5, 5.41) is 0. The molecule has 0 atom stereocenters. The van der Waals surface area contributed by atoms with Crippen LogP contribution in [0.3, 0.4) is 0 Å². The largest absolute Gasteiger partial charge is 0.517 e. The van der Waals surface area contributed by atoms with E-state index in [0.717, 1.165) is 25.2 Å². The SMILES string of the molecule is CO/C(O[Si](C)(C)C)=C1/CCCO1. The summed E-state index contributed by atoms with van der Waals surface area (Å²) in [6.07, 6.45) is 2.00. The highest BCUT2D eigenvalue weighted by molar-refractivity contribution is 6.70. The van der Waals surface area contributed by atoms with E-state index < -0.39 is 8.32 Å². The van der Waals surface area contributed by atoms with Crippen molar-refractivity contribution in [1.82, 2.24) is 0 Å². The Labute approximate surface area is 80.8 Å². The fraction of sp³-hybridized carbons (Fsp3) is 0.778. The molecule has 0 aliphatic carbocycles. The van der Waals surface area contributed by atoms with Gasteiger partial charge in [0.2, 0.25) is 8.32 Å². The van der Waals surface area contributed by atoms with Crippen molar-refractivity contribution < 1.29 is 13.9 Å². The van der Waals surface area contributed by atoms with Crippen LogP contribution in [-0.2, 0) is 13.9 Å². The van der Waals surface area contributed by atoms with Crippen LogP contribution in [0.2, 0.25) is 19.6 Å². The molecule has 0 unspecified atom stereocenters. The maximum absolute atomic E-state index is 5.74. The zero-order valence-corrected chi connectivity index (χ0v) is 9.85. The Bertz CT molecular complexity index is 197. The van der Waals surface area contributed by atoms with Gasteiger partial charge in [-0.15, -0.1) is 0 Å². The summed E-state index contributed by atoms with van der Waals surface area (Å²) in [7, 11) is 0.0575. The highest BCUT2D eigenvalue weighted by Crippen LogP contribution is 2.23. The van der Waals surface area contributed by atoms with Crippen LogP contribution < -0.4 is 0 Å². The van der Waals surface area contributed by atoms with Gasteiger partial charge < -0.3 is 13.9 Å². The molecule has 0 saturated carbocycles. The van der Waals surface area contributed by atoms with Gasteiger partial charge in [0.15, 0.2) is 5.76 Å². The van der Waals surface area contributed by atoms with Gasteiger partial charge in [-0.05, 0) is 26.1 Å². The molecular formula is C9H18O3Si. The van der Waals surface area contributed by atoms with Crippen molar-refractivity contribution in [1.29, 1.82) is 0 Å². The molecule has 1 aliphatic rings. The van der Waals surface area contributed by atoms with Gasteiger partial charge in [-0.3, -0.25) is 0 Å². The summed E-state index contributed by atoms with van der Waals surface area (Å²) < 4.78 is 16.3. The molecule has 1 aliphatic heterocycles. The summed E-state index contributed by atoms with van der Waals surface area (Å²) in [6, 6.07) is 0. The van der Waals surface area contributed by atoms with Crippen molar-refractivity contribution in [3.63, 3.8) is 0 Å².